The summed E-state index contributed by atoms with van der Waals surface area (Å²) in [5.41, 5.74) is 0.438. The van der Waals surface area contributed by atoms with Gasteiger partial charge in [-0.2, -0.15) is 0 Å². The van der Waals surface area contributed by atoms with Crippen molar-refractivity contribution in [2.75, 3.05) is 19.6 Å². The van der Waals surface area contributed by atoms with Crippen molar-refractivity contribution in [1.29, 1.82) is 0 Å². The Labute approximate surface area is 154 Å². The minimum absolute atomic E-state index is 0.106. The van der Waals surface area contributed by atoms with Crippen LogP contribution in [0.3, 0.4) is 0 Å². The first-order valence-corrected chi connectivity index (χ1v) is 9.72. The standard InChI is InChI=1S/C20H29FN4O/c1-4-6-18(24-11-9-14(3)22-10-12-24)19-23-17-8-7-15(21)13-16(17)20(26)25(19)5-2/h7-8,13-14,18,22H,4-6,9-12H2,1-3H3/t14?,18-/m1/s1. The molecule has 2 heterocycles. The lowest BCUT2D eigenvalue weighted by Crippen LogP contribution is -2.37. The zero-order valence-corrected chi connectivity index (χ0v) is 16.0. The molecule has 1 N–H and O–H groups in total. The molecular formula is C20H29FN4O. The highest BCUT2D eigenvalue weighted by Gasteiger charge is 2.26. The second-order valence-corrected chi connectivity index (χ2v) is 7.17. The van der Waals surface area contributed by atoms with Gasteiger partial charge in [0.2, 0.25) is 0 Å². The zero-order chi connectivity index (χ0) is 18.7. The Morgan fingerprint density at radius 2 is 2.15 bits per heavy atom. The highest BCUT2D eigenvalue weighted by Crippen LogP contribution is 2.26. The summed E-state index contributed by atoms with van der Waals surface area (Å²) < 4.78 is 15.3. The SMILES string of the molecule is CCC[C@H](c1nc2ccc(F)cc2c(=O)n1CC)N1CCNC(C)CC1. The second-order valence-electron chi connectivity index (χ2n) is 7.17. The molecule has 26 heavy (non-hydrogen) atoms. The molecule has 1 saturated heterocycles. The Morgan fingerprint density at radius 3 is 2.88 bits per heavy atom. The number of nitrogens with one attached hydrogen (secondary N) is 1. The van der Waals surface area contributed by atoms with Gasteiger partial charge in [-0.25, -0.2) is 9.37 Å². The average Bonchev–Trinajstić information content (AvgIpc) is 2.85. The Morgan fingerprint density at radius 1 is 1.35 bits per heavy atom. The fourth-order valence-corrected chi connectivity index (χ4v) is 3.86. The van der Waals surface area contributed by atoms with Crippen molar-refractivity contribution in [3.8, 4) is 0 Å². The number of benzene rings is 1. The molecule has 6 heteroatoms. The fraction of sp³-hybridized carbons (Fsp3) is 0.600. The molecule has 5 nitrogen and oxygen atoms in total. The third kappa shape index (κ3) is 3.81. The molecule has 0 amide bonds. The van der Waals surface area contributed by atoms with E-state index in [-0.39, 0.29) is 11.6 Å². The van der Waals surface area contributed by atoms with E-state index < -0.39 is 5.82 Å². The fourth-order valence-electron chi connectivity index (χ4n) is 3.86. The first-order valence-electron chi connectivity index (χ1n) is 9.72. The minimum Gasteiger partial charge on any atom is -0.313 e. The van der Waals surface area contributed by atoms with Gasteiger partial charge in [0.25, 0.3) is 5.56 Å². The normalized spacial score (nSPS) is 20.2. The van der Waals surface area contributed by atoms with Gasteiger partial charge >= 0.3 is 0 Å². The van der Waals surface area contributed by atoms with Crippen LogP contribution >= 0.6 is 0 Å². The van der Waals surface area contributed by atoms with E-state index in [1.807, 2.05) is 6.92 Å². The number of hydrogen-bond donors (Lipinski definition) is 1. The molecular weight excluding hydrogens is 331 g/mol. The van der Waals surface area contributed by atoms with Crippen LogP contribution in [0, 0.1) is 5.82 Å². The lowest BCUT2D eigenvalue weighted by molar-refractivity contribution is 0.184. The smallest absolute Gasteiger partial charge is 0.261 e. The van der Waals surface area contributed by atoms with Crippen LogP contribution in [0.15, 0.2) is 23.0 Å². The van der Waals surface area contributed by atoms with E-state index in [4.69, 9.17) is 4.98 Å². The number of fused-ring (bicyclic) bond motifs is 1. The molecule has 0 aliphatic carbocycles. The van der Waals surface area contributed by atoms with Crippen LogP contribution in [0.5, 0.6) is 0 Å². The van der Waals surface area contributed by atoms with Gasteiger partial charge in [0.05, 0.1) is 16.9 Å². The maximum Gasteiger partial charge on any atom is 0.261 e. The van der Waals surface area contributed by atoms with E-state index >= 15 is 0 Å². The molecule has 3 rings (SSSR count). The summed E-state index contributed by atoms with van der Waals surface area (Å²) in [6.45, 7) is 9.73. The lowest BCUT2D eigenvalue weighted by atomic mass is 10.1. The molecule has 1 aliphatic heterocycles. The van der Waals surface area contributed by atoms with E-state index in [1.54, 1.807) is 10.6 Å². The maximum absolute atomic E-state index is 13.6. The molecule has 2 atom stereocenters. The Bertz CT molecular complexity index is 819. The summed E-state index contributed by atoms with van der Waals surface area (Å²) in [6.07, 6.45) is 3.05. The zero-order valence-electron chi connectivity index (χ0n) is 16.0. The van der Waals surface area contributed by atoms with E-state index in [2.05, 4.69) is 24.1 Å². The summed E-state index contributed by atoms with van der Waals surface area (Å²) in [6, 6.07) is 4.90. The highest BCUT2D eigenvalue weighted by atomic mass is 19.1. The van der Waals surface area contributed by atoms with Crippen molar-refractivity contribution in [1.82, 2.24) is 19.8 Å². The largest absolute Gasteiger partial charge is 0.313 e. The molecule has 1 aromatic carbocycles. The quantitative estimate of drug-likeness (QED) is 0.890. The minimum atomic E-state index is -0.399. The molecule has 1 aromatic heterocycles. The summed E-state index contributed by atoms with van der Waals surface area (Å²) >= 11 is 0. The predicted molar refractivity (Wildman–Crippen MR) is 103 cm³/mol. The van der Waals surface area contributed by atoms with Crippen molar-refractivity contribution in [3.63, 3.8) is 0 Å². The van der Waals surface area contributed by atoms with Gasteiger partial charge in [-0.15, -0.1) is 0 Å². The number of hydrogen-bond acceptors (Lipinski definition) is 4. The van der Waals surface area contributed by atoms with Crippen LogP contribution in [0.4, 0.5) is 4.39 Å². The summed E-state index contributed by atoms with van der Waals surface area (Å²) in [5, 5.41) is 3.88. The van der Waals surface area contributed by atoms with Gasteiger partial charge in [-0.1, -0.05) is 13.3 Å². The van der Waals surface area contributed by atoms with Gasteiger partial charge in [0.15, 0.2) is 0 Å². The number of rotatable bonds is 5. The Hall–Kier alpha value is -1.79. The monoisotopic (exact) mass is 360 g/mol. The summed E-state index contributed by atoms with van der Waals surface area (Å²) in [5.74, 6) is 0.414. The van der Waals surface area contributed by atoms with E-state index in [0.29, 0.717) is 23.5 Å². The Kier molecular flexibility index (Phi) is 6.04. The van der Waals surface area contributed by atoms with E-state index in [9.17, 15) is 9.18 Å². The average molecular weight is 360 g/mol. The molecule has 0 saturated carbocycles. The first-order chi connectivity index (χ1) is 12.5. The molecule has 0 spiro atoms. The van der Waals surface area contributed by atoms with Crippen LogP contribution in [0.25, 0.3) is 10.9 Å². The predicted octanol–water partition coefficient (Wildman–Crippen LogP) is 3.08. The van der Waals surface area contributed by atoms with Crippen molar-refractivity contribution < 1.29 is 4.39 Å². The summed E-state index contributed by atoms with van der Waals surface area (Å²) in [7, 11) is 0. The van der Waals surface area contributed by atoms with Crippen molar-refractivity contribution in [3.05, 3.63) is 40.2 Å². The topological polar surface area (TPSA) is 50.2 Å². The molecule has 0 radical (unpaired) electrons. The Balaban J connectivity index is 2.09. The van der Waals surface area contributed by atoms with Crippen molar-refractivity contribution >= 4 is 10.9 Å². The molecule has 1 unspecified atom stereocenters. The molecule has 142 valence electrons. The second kappa shape index (κ2) is 8.27. The first kappa shape index (κ1) is 19.0. The molecule has 2 aromatic rings. The van der Waals surface area contributed by atoms with Crippen LogP contribution in [-0.4, -0.2) is 40.1 Å². The molecule has 0 bridgehead atoms. The number of nitrogens with zero attached hydrogens (tertiary/aromatic N) is 3. The maximum atomic E-state index is 13.6. The van der Waals surface area contributed by atoms with E-state index in [0.717, 1.165) is 44.7 Å². The van der Waals surface area contributed by atoms with Crippen LogP contribution in [0.2, 0.25) is 0 Å². The van der Waals surface area contributed by atoms with Crippen molar-refractivity contribution in [2.45, 2.75) is 58.7 Å². The van der Waals surface area contributed by atoms with Gasteiger partial charge in [-0.3, -0.25) is 14.3 Å². The molecule has 1 fully saturated rings. The van der Waals surface area contributed by atoms with Crippen LogP contribution < -0.4 is 10.9 Å². The third-order valence-corrected chi connectivity index (χ3v) is 5.30. The van der Waals surface area contributed by atoms with E-state index in [1.165, 1.54) is 12.1 Å². The van der Waals surface area contributed by atoms with Crippen LogP contribution in [0.1, 0.15) is 51.9 Å². The van der Waals surface area contributed by atoms with Gasteiger partial charge in [0.1, 0.15) is 11.6 Å². The summed E-state index contributed by atoms with van der Waals surface area (Å²) in [4.78, 5) is 20.2. The number of halogens is 1. The molecule has 1 aliphatic rings. The third-order valence-electron chi connectivity index (χ3n) is 5.30. The van der Waals surface area contributed by atoms with Crippen molar-refractivity contribution in [2.24, 2.45) is 0 Å². The van der Waals surface area contributed by atoms with Crippen LogP contribution in [-0.2, 0) is 6.54 Å². The van der Waals surface area contributed by atoms with Gasteiger partial charge in [0, 0.05) is 32.2 Å². The highest BCUT2D eigenvalue weighted by molar-refractivity contribution is 5.77. The van der Waals surface area contributed by atoms with Gasteiger partial charge < -0.3 is 5.32 Å². The van der Waals surface area contributed by atoms with Gasteiger partial charge in [-0.05, 0) is 44.9 Å². The lowest BCUT2D eigenvalue weighted by Gasteiger charge is -2.31. The number of aromatic nitrogens is 2.